The van der Waals surface area contributed by atoms with Crippen LogP contribution in [0.2, 0.25) is 0 Å². The van der Waals surface area contributed by atoms with Gasteiger partial charge < -0.3 is 14.2 Å². The number of esters is 2. The Morgan fingerprint density at radius 3 is 2.09 bits per heavy atom. The molecule has 0 amide bonds. The Kier molecular flexibility index (Phi) is 5.12. The highest BCUT2D eigenvalue weighted by Crippen LogP contribution is 2.47. The van der Waals surface area contributed by atoms with E-state index in [9.17, 15) is 9.59 Å². The molecule has 2 rings (SSSR count). The Morgan fingerprint density at radius 1 is 1.14 bits per heavy atom. The predicted octanol–water partition coefficient (Wildman–Crippen LogP) is 2.20. The highest BCUT2D eigenvalue weighted by molar-refractivity contribution is 5.81. The van der Waals surface area contributed by atoms with E-state index in [1.54, 1.807) is 0 Å². The van der Waals surface area contributed by atoms with E-state index in [-0.39, 0.29) is 19.3 Å². The Labute approximate surface area is 129 Å². The number of rotatable bonds is 7. The van der Waals surface area contributed by atoms with Crippen molar-refractivity contribution in [2.24, 2.45) is 5.41 Å². The SMILES string of the molecule is C=CC(=O)OCC1(COC(=O)C=C)COC1c1ccccc1. The zero-order chi connectivity index (χ0) is 16.0. The second-order valence-corrected chi connectivity index (χ2v) is 5.09. The van der Waals surface area contributed by atoms with Gasteiger partial charge in [-0.3, -0.25) is 0 Å². The molecule has 1 aromatic rings. The van der Waals surface area contributed by atoms with Crippen LogP contribution in [-0.4, -0.2) is 31.8 Å². The summed E-state index contributed by atoms with van der Waals surface area (Å²) in [6.45, 7) is 7.24. The fraction of sp³-hybridized carbons (Fsp3) is 0.294. The van der Waals surface area contributed by atoms with Gasteiger partial charge in [-0.1, -0.05) is 43.5 Å². The lowest BCUT2D eigenvalue weighted by atomic mass is 9.76. The largest absolute Gasteiger partial charge is 0.462 e. The fourth-order valence-electron chi connectivity index (χ4n) is 2.30. The van der Waals surface area contributed by atoms with Gasteiger partial charge in [0.1, 0.15) is 13.2 Å². The van der Waals surface area contributed by atoms with Gasteiger partial charge in [-0.25, -0.2) is 9.59 Å². The van der Waals surface area contributed by atoms with Gasteiger partial charge in [0.25, 0.3) is 0 Å². The molecule has 1 aliphatic heterocycles. The highest BCUT2D eigenvalue weighted by Gasteiger charge is 2.51. The van der Waals surface area contributed by atoms with Gasteiger partial charge in [-0.2, -0.15) is 0 Å². The lowest BCUT2D eigenvalue weighted by Gasteiger charge is -2.48. The van der Waals surface area contributed by atoms with Crippen LogP contribution in [0.4, 0.5) is 0 Å². The van der Waals surface area contributed by atoms with Gasteiger partial charge >= 0.3 is 11.9 Å². The lowest BCUT2D eigenvalue weighted by molar-refractivity contribution is -0.233. The first-order valence-electron chi connectivity index (χ1n) is 6.86. The van der Waals surface area contributed by atoms with Crippen LogP contribution in [0, 0.1) is 5.41 Å². The quantitative estimate of drug-likeness (QED) is 0.571. The molecule has 1 fully saturated rings. The minimum absolute atomic E-state index is 0.0852. The van der Waals surface area contributed by atoms with Gasteiger partial charge in [0.15, 0.2) is 0 Å². The first kappa shape index (κ1) is 16.0. The summed E-state index contributed by atoms with van der Waals surface area (Å²) in [5.41, 5.74) is 0.344. The average molecular weight is 302 g/mol. The third kappa shape index (κ3) is 3.43. The Morgan fingerprint density at radius 2 is 1.68 bits per heavy atom. The maximum atomic E-state index is 11.3. The van der Waals surface area contributed by atoms with E-state index in [4.69, 9.17) is 14.2 Å². The van der Waals surface area contributed by atoms with Gasteiger partial charge in [-0.05, 0) is 5.56 Å². The smallest absolute Gasteiger partial charge is 0.330 e. The summed E-state index contributed by atoms with van der Waals surface area (Å²) in [6, 6.07) is 9.53. The van der Waals surface area contributed by atoms with Crippen LogP contribution in [0.1, 0.15) is 11.7 Å². The molecular formula is C17H18O5. The summed E-state index contributed by atoms with van der Waals surface area (Å²) in [6.07, 6.45) is 1.89. The van der Waals surface area contributed by atoms with Gasteiger partial charge in [0.05, 0.1) is 18.1 Å². The highest BCUT2D eigenvalue weighted by atomic mass is 16.6. The first-order valence-corrected chi connectivity index (χ1v) is 6.86. The van der Waals surface area contributed by atoms with Gasteiger partial charge in [0, 0.05) is 12.2 Å². The van der Waals surface area contributed by atoms with Crippen molar-refractivity contribution >= 4 is 11.9 Å². The minimum Gasteiger partial charge on any atom is -0.462 e. The number of ether oxygens (including phenoxy) is 3. The topological polar surface area (TPSA) is 61.8 Å². The maximum Gasteiger partial charge on any atom is 0.330 e. The van der Waals surface area contributed by atoms with Crippen LogP contribution in [0.15, 0.2) is 55.6 Å². The molecule has 0 bridgehead atoms. The summed E-state index contributed by atoms with van der Waals surface area (Å²) >= 11 is 0. The maximum absolute atomic E-state index is 11.3. The molecule has 1 saturated heterocycles. The molecule has 0 aliphatic carbocycles. The molecule has 0 N–H and O–H groups in total. The van der Waals surface area contributed by atoms with Crippen molar-refractivity contribution in [2.75, 3.05) is 19.8 Å². The Bertz CT molecular complexity index is 540. The van der Waals surface area contributed by atoms with Crippen LogP contribution in [0.5, 0.6) is 0 Å². The van der Waals surface area contributed by atoms with Crippen LogP contribution >= 0.6 is 0 Å². The molecule has 1 aromatic carbocycles. The van der Waals surface area contributed by atoms with Gasteiger partial charge in [0.2, 0.25) is 0 Å². The molecule has 1 atom stereocenters. The molecule has 5 nitrogen and oxygen atoms in total. The first-order chi connectivity index (χ1) is 10.6. The lowest BCUT2D eigenvalue weighted by Crippen LogP contribution is -2.52. The average Bonchev–Trinajstić information content (AvgIpc) is 2.54. The second kappa shape index (κ2) is 7.04. The third-order valence-electron chi connectivity index (χ3n) is 3.53. The Hall–Kier alpha value is -2.40. The molecule has 116 valence electrons. The third-order valence-corrected chi connectivity index (χ3v) is 3.53. The van der Waals surface area contributed by atoms with E-state index in [1.165, 1.54) is 0 Å². The van der Waals surface area contributed by atoms with Crippen molar-refractivity contribution in [2.45, 2.75) is 6.10 Å². The molecule has 0 radical (unpaired) electrons. The van der Waals surface area contributed by atoms with Crippen LogP contribution < -0.4 is 0 Å². The predicted molar refractivity (Wildman–Crippen MR) is 79.9 cm³/mol. The monoisotopic (exact) mass is 302 g/mol. The molecule has 1 unspecified atom stereocenters. The van der Waals surface area contributed by atoms with Crippen molar-refractivity contribution in [1.29, 1.82) is 0 Å². The molecule has 1 heterocycles. The standard InChI is InChI=1S/C17H18O5/c1-3-14(18)20-10-17(11-21-15(19)4-2)12-22-16(17)13-8-6-5-7-9-13/h3-9,16H,1-2,10-12H2. The molecule has 0 aromatic heterocycles. The van der Waals surface area contributed by atoms with Crippen molar-refractivity contribution in [3.05, 3.63) is 61.2 Å². The number of carbonyl (C=O) groups is 2. The molecule has 1 aliphatic rings. The number of hydrogen-bond acceptors (Lipinski definition) is 5. The van der Waals surface area contributed by atoms with Crippen molar-refractivity contribution in [3.8, 4) is 0 Å². The van der Waals surface area contributed by atoms with E-state index >= 15 is 0 Å². The minimum atomic E-state index is -0.599. The van der Waals surface area contributed by atoms with E-state index in [0.29, 0.717) is 6.61 Å². The van der Waals surface area contributed by atoms with Gasteiger partial charge in [-0.15, -0.1) is 0 Å². The van der Waals surface area contributed by atoms with E-state index in [0.717, 1.165) is 17.7 Å². The zero-order valence-electron chi connectivity index (χ0n) is 12.2. The van der Waals surface area contributed by atoms with Crippen LogP contribution in [0.25, 0.3) is 0 Å². The zero-order valence-corrected chi connectivity index (χ0v) is 12.2. The second-order valence-electron chi connectivity index (χ2n) is 5.09. The summed E-state index contributed by atoms with van der Waals surface area (Å²) in [5.74, 6) is -1.04. The summed E-state index contributed by atoms with van der Waals surface area (Å²) in [7, 11) is 0. The van der Waals surface area contributed by atoms with Crippen LogP contribution in [-0.2, 0) is 23.8 Å². The van der Waals surface area contributed by atoms with E-state index in [1.807, 2.05) is 30.3 Å². The molecular weight excluding hydrogens is 284 g/mol. The Balaban J connectivity index is 2.14. The number of benzene rings is 1. The van der Waals surface area contributed by atoms with Crippen molar-refractivity contribution in [3.63, 3.8) is 0 Å². The van der Waals surface area contributed by atoms with E-state index in [2.05, 4.69) is 13.2 Å². The molecule has 22 heavy (non-hydrogen) atoms. The van der Waals surface area contributed by atoms with E-state index < -0.39 is 17.4 Å². The molecule has 0 spiro atoms. The fourth-order valence-corrected chi connectivity index (χ4v) is 2.30. The summed E-state index contributed by atoms with van der Waals surface area (Å²) in [4.78, 5) is 22.7. The number of carbonyl (C=O) groups excluding carboxylic acids is 2. The number of hydrogen-bond donors (Lipinski definition) is 0. The van der Waals surface area contributed by atoms with Crippen LogP contribution in [0.3, 0.4) is 0 Å². The van der Waals surface area contributed by atoms with Crippen molar-refractivity contribution < 1.29 is 23.8 Å². The van der Waals surface area contributed by atoms with Crippen molar-refractivity contribution in [1.82, 2.24) is 0 Å². The molecule has 5 heteroatoms. The summed E-state index contributed by atoms with van der Waals surface area (Å²) in [5, 5.41) is 0. The molecule has 0 saturated carbocycles. The summed E-state index contributed by atoms with van der Waals surface area (Å²) < 4.78 is 16.0. The normalized spacial score (nSPS) is 18.6.